The summed E-state index contributed by atoms with van der Waals surface area (Å²) < 4.78 is 11.5. The van der Waals surface area contributed by atoms with E-state index in [-0.39, 0.29) is 0 Å². The van der Waals surface area contributed by atoms with Gasteiger partial charge in [-0.1, -0.05) is 41.4 Å². The second-order valence-corrected chi connectivity index (χ2v) is 7.98. The van der Waals surface area contributed by atoms with Crippen molar-refractivity contribution in [1.29, 1.82) is 0 Å². The summed E-state index contributed by atoms with van der Waals surface area (Å²) >= 11 is 12.5. The molecule has 1 N–H and O–H groups in total. The van der Waals surface area contributed by atoms with Gasteiger partial charge in [-0.2, -0.15) is 0 Å². The largest absolute Gasteiger partial charge is 0.488 e. The van der Waals surface area contributed by atoms with E-state index in [9.17, 15) is 0 Å². The predicted molar refractivity (Wildman–Crippen MR) is 124 cm³/mol. The van der Waals surface area contributed by atoms with Crippen LogP contribution in [0.2, 0.25) is 10.0 Å². The third kappa shape index (κ3) is 5.39. The van der Waals surface area contributed by atoms with Crippen LogP contribution in [0.25, 0.3) is 0 Å². The molecular formula is C24H24Cl2N2O2. The fourth-order valence-electron chi connectivity index (χ4n) is 3.41. The summed E-state index contributed by atoms with van der Waals surface area (Å²) in [4.78, 5) is 2.34. The van der Waals surface area contributed by atoms with Gasteiger partial charge in [-0.3, -0.25) is 0 Å². The second kappa shape index (κ2) is 10.1. The minimum atomic E-state index is 0.405. The molecule has 6 heteroatoms. The number of nitrogens with zero attached hydrogens (tertiary/aromatic N) is 1. The molecular weight excluding hydrogens is 419 g/mol. The molecule has 3 aromatic rings. The Hall–Kier alpha value is -2.40. The predicted octanol–water partition coefficient (Wildman–Crippen LogP) is 6.02. The lowest BCUT2D eigenvalue weighted by molar-refractivity contribution is 0.122. The van der Waals surface area contributed by atoms with Crippen molar-refractivity contribution in [2.75, 3.05) is 36.5 Å². The molecule has 0 aromatic heterocycles. The molecule has 0 saturated carbocycles. The van der Waals surface area contributed by atoms with E-state index in [2.05, 4.69) is 34.5 Å². The molecule has 30 heavy (non-hydrogen) atoms. The molecule has 1 saturated heterocycles. The van der Waals surface area contributed by atoms with Crippen LogP contribution in [0.1, 0.15) is 11.1 Å². The Morgan fingerprint density at radius 2 is 1.67 bits per heavy atom. The minimum absolute atomic E-state index is 0.405. The standard InChI is InChI=1S/C24H24Cl2N2O2/c25-20-5-10-24(30-17-18-3-1-2-4-23(18)26)19(15-20)16-27-21-6-8-22(9-7-21)28-11-13-29-14-12-28/h1-10,15,27H,11-14,16-17H2. The molecule has 3 aromatic carbocycles. The summed E-state index contributed by atoms with van der Waals surface area (Å²) in [5.41, 5.74) is 4.21. The van der Waals surface area contributed by atoms with Crippen molar-refractivity contribution < 1.29 is 9.47 Å². The Morgan fingerprint density at radius 1 is 0.900 bits per heavy atom. The highest BCUT2D eigenvalue weighted by atomic mass is 35.5. The van der Waals surface area contributed by atoms with Gasteiger partial charge < -0.3 is 19.7 Å². The van der Waals surface area contributed by atoms with E-state index < -0.39 is 0 Å². The molecule has 1 heterocycles. The summed E-state index contributed by atoms with van der Waals surface area (Å²) in [6.45, 7) is 4.44. The van der Waals surface area contributed by atoms with Crippen LogP contribution in [0, 0.1) is 0 Å². The second-order valence-electron chi connectivity index (χ2n) is 7.13. The first-order chi connectivity index (χ1) is 14.7. The van der Waals surface area contributed by atoms with Crippen LogP contribution >= 0.6 is 23.2 Å². The third-order valence-corrected chi connectivity index (χ3v) is 5.69. The molecule has 156 valence electrons. The molecule has 0 amide bonds. The van der Waals surface area contributed by atoms with Gasteiger partial charge in [0, 0.05) is 52.2 Å². The number of hydrogen-bond acceptors (Lipinski definition) is 4. The van der Waals surface area contributed by atoms with Gasteiger partial charge in [0.2, 0.25) is 0 Å². The quantitative estimate of drug-likeness (QED) is 0.484. The van der Waals surface area contributed by atoms with Crippen LogP contribution in [0.15, 0.2) is 66.7 Å². The zero-order valence-corrected chi connectivity index (χ0v) is 18.1. The number of rotatable bonds is 7. The molecule has 1 aliphatic heterocycles. The highest BCUT2D eigenvalue weighted by Crippen LogP contribution is 2.27. The molecule has 0 aliphatic carbocycles. The number of halogens is 2. The van der Waals surface area contributed by atoms with Crippen LogP contribution in [0.3, 0.4) is 0 Å². The number of benzene rings is 3. The third-order valence-electron chi connectivity index (χ3n) is 5.09. The monoisotopic (exact) mass is 442 g/mol. The number of ether oxygens (including phenoxy) is 2. The van der Waals surface area contributed by atoms with E-state index in [4.69, 9.17) is 32.7 Å². The zero-order valence-electron chi connectivity index (χ0n) is 16.6. The highest BCUT2D eigenvalue weighted by molar-refractivity contribution is 6.31. The summed E-state index contributed by atoms with van der Waals surface area (Å²) in [6, 6.07) is 21.8. The van der Waals surface area contributed by atoms with E-state index in [1.54, 1.807) is 0 Å². The molecule has 0 atom stereocenters. The van der Waals surface area contributed by atoms with E-state index in [1.165, 1.54) is 5.69 Å². The van der Waals surface area contributed by atoms with Gasteiger partial charge in [-0.15, -0.1) is 0 Å². The maximum atomic E-state index is 6.24. The SMILES string of the molecule is Clc1ccc(OCc2ccccc2Cl)c(CNc2ccc(N3CCOCC3)cc2)c1. The van der Waals surface area contributed by atoms with Gasteiger partial charge >= 0.3 is 0 Å². The van der Waals surface area contributed by atoms with Crippen molar-refractivity contribution in [3.8, 4) is 5.75 Å². The average molecular weight is 443 g/mol. The van der Waals surface area contributed by atoms with Crippen molar-refractivity contribution in [3.63, 3.8) is 0 Å². The van der Waals surface area contributed by atoms with Gasteiger partial charge in [0.05, 0.1) is 13.2 Å². The summed E-state index contributed by atoms with van der Waals surface area (Å²) in [6.07, 6.45) is 0. The lowest BCUT2D eigenvalue weighted by Crippen LogP contribution is -2.36. The fourth-order valence-corrected chi connectivity index (χ4v) is 3.79. The number of nitrogens with one attached hydrogen (secondary N) is 1. The molecule has 0 spiro atoms. The van der Waals surface area contributed by atoms with Crippen molar-refractivity contribution in [3.05, 3.63) is 87.9 Å². The summed E-state index contributed by atoms with van der Waals surface area (Å²) in [5.74, 6) is 0.789. The van der Waals surface area contributed by atoms with Gasteiger partial charge in [0.1, 0.15) is 12.4 Å². The fraction of sp³-hybridized carbons (Fsp3) is 0.250. The van der Waals surface area contributed by atoms with Crippen molar-refractivity contribution in [1.82, 2.24) is 0 Å². The van der Waals surface area contributed by atoms with Crippen LogP contribution in [-0.4, -0.2) is 26.3 Å². The summed E-state index contributed by atoms with van der Waals surface area (Å²) in [5, 5.41) is 4.84. The minimum Gasteiger partial charge on any atom is -0.488 e. The Balaban J connectivity index is 1.40. The van der Waals surface area contributed by atoms with Crippen molar-refractivity contribution >= 4 is 34.6 Å². The molecule has 1 aliphatic rings. The Bertz CT molecular complexity index is 973. The zero-order chi connectivity index (χ0) is 20.8. The van der Waals surface area contributed by atoms with E-state index in [0.29, 0.717) is 23.2 Å². The number of anilines is 2. The molecule has 0 unspecified atom stereocenters. The van der Waals surface area contributed by atoms with E-state index >= 15 is 0 Å². The van der Waals surface area contributed by atoms with Crippen LogP contribution < -0.4 is 15.0 Å². The molecule has 0 bridgehead atoms. The Kier molecular flexibility index (Phi) is 7.00. The average Bonchev–Trinajstić information content (AvgIpc) is 2.79. The van der Waals surface area contributed by atoms with Gasteiger partial charge in [0.25, 0.3) is 0 Å². The normalized spacial score (nSPS) is 13.9. The van der Waals surface area contributed by atoms with Gasteiger partial charge in [-0.25, -0.2) is 0 Å². The lowest BCUT2D eigenvalue weighted by Gasteiger charge is -2.29. The molecule has 4 nitrogen and oxygen atoms in total. The Morgan fingerprint density at radius 3 is 2.43 bits per heavy atom. The van der Waals surface area contributed by atoms with E-state index in [1.807, 2.05) is 42.5 Å². The van der Waals surface area contributed by atoms with Crippen LogP contribution in [0.4, 0.5) is 11.4 Å². The van der Waals surface area contributed by atoms with Crippen molar-refractivity contribution in [2.45, 2.75) is 13.2 Å². The smallest absolute Gasteiger partial charge is 0.124 e. The van der Waals surface area contributed by atoms with Gasteiger partial charge in [-0.05, 0) is 48.5 Å². The summed E-state index contributed by atoms with van der Waals surface area (Å²) in [7, 11) is 0. The van der Waals surface area contributed by atoms with Gasteiger partial charge in [0.15, 0.2) is 0 Å². The number of hydrogen-bond donors (Lipinski definition) is 1. The highest BCUT2D eigenvalue weighted by Gasteiger charge is 2.11. The van der Waals surface area contributed by atoms with Crippen LogP contribution in [0.5, 0.6) is 5.75 Å². The lowest BCUT2D eigenvalue weighted by atomic mass is 10.2. The first-order valence-corrected chi connectivity index (χ1v) is 10.8. The molecule has 0 radical (unpaired) electrons. The van der Waals surface area contributed by atoms with Crippen molar-refractivity contribution in [2.24, 2.45) is 0 Å². The molecule has 4 rings (SSSR count). The first-order valence-electron chi connectivity index (χ1n) is 10.0. The number of morpholine rings is 1. The maximum Gasteiger partial charge on any atom is 0.124 e. The topological polar surface area (TPSA) is 33.7 Å². The maximum absolute atomic E-state index is 6.24. The molecule has 1 fully saturated rings. The van der Waals surface area contributed by atoms with Crippen LogP contribution in [-0.2, 0) is 17.9 Å². The Labute approximate surface area is 187 Å². The first kappa shape index (κ1) is 20.9. The van der Waals surface area contributed by atoms with E-state index in [0.717, 1.165) is 48.9 Å².